The molecule has 2 unspecified atom stereocenters. The van der Waals surface area contributed by atoms with Crippen LogP contribution in [0.4, 0.5) is 5.82 Å². The first-order chi connectivity index (χ1) is 32.2. The van der Waals surface area contributed by atoms with Gasteiger partial charge in [0.25, 0.3) is 5.91 Å². The number of benzene rings is 3. The number of imide groups is 1. The largest absolute Gasteiger partial charge is 0.457 e. The maximum Gasteiger partial charge on any atom is 0.255 e. The van der Waals surface area contributed by atoms with E-state index in [0.29, 0.717) is 85.8 Å². The molecule has 2 atom stereocenters. The number of rotatable bonds is 16. The van der Waals surface area contributed by atoms with Crippen molar-refractivity contribution in [2.24, 2.45) is 0 Å². The minimum atomic E-state index is -0.625. The first-order valence-corrected chi connectivity index (χ1v) is 24.2. The molecule has 5 amide bonds. The number of nitrogens with zero attached hydrogens (tertiary/aromatic N) is 8. The van der Waals surface area contributed by atoms with Crippen LogP contribution in [0.25, 0.3) is 22.3 Å². The molecular formula is C49H56N10O6S. The standard InChI is InChI=1S/C49H56N10O6S/c50-46-44-45(33-17-19-36(20-18-33)65-35-11-3-1-4-12-35)54-59(47(44)52-32-51-46)34-10-8-24-57(30-34)43(62)16-9-23-55-25-27-56(28-26-55)42(61)15-5-2-6-29-66-40-14-7-13-37-38(40)31-58(49(37)64)39-21-22-41(60)53-48(39)63/h1,3-4,7,11-14,17-20,32,34,39H,2,5-6,8-10,15-16,21-31H2,(H2,50,51,52)(H,53,60,63). The van der Waals surface area contributed by atoms with E-state index >= 15 is 0 Å². The van der Waals surface area contributed by atoms with Gasteiger partial charge in [-0.1, -0.05) is 30.7 Å². The molecule has 4 aliphatic rings. The number of nitrogen functional groups attached to an aromatic ring is 1. The Morgan fingerprint density at radius 1 is 0.803 bits per heavy atom. The van der Waals surface area contributed by atoms with Gasteiger partial charge in [0.1, 0.15) is 35.4 Å². The molecule has 3 saturated heterocycles. The zero-order chi connectivity index (χ0) is 45.6. The Bertz CT molecular complexity index is 2580. The predicted molar refractivity (Wildman–Crippen MR) is 250 cm³/mol. The fourth-order valence-electron chi connectivity index (χ4n) is 9.56. The van der Waals surface area contributed by atoms with Crippen LogP contribution < -0.4 is 15.8 Å². The molecule has 9 rings (SSSR count). The van der Waals surface area contributed by atoms with E-state index in [2.05, 4.69) is 20.2 Å². The number of hydrogen-bond donors (Lipinski definition) is 2. The highest BCUT2D eigenvalue weighted by atomic mass is 32.2. The number of anilines is 1. The van der Waals surface area contributed by atoms with Crippen molar-refractivity contribution in [3.63, 3.8) is 0 Å². The van der Waals surface area contributed by atoms with Crippen LogP contribution in [0.3, 0.4) is 0 Å². The SMILES string of the molecule is Nc1ncnc2c1c(-c1ccc(Oc3ccccc3)cc1)nn2C1CCCN(C(=O)CCCN2CCN(C(=O)CCCCCSc3cccc4c3CN(C3CCC(=O)NC3=O)C4=O)CC2)C1. The number of likely N-dealkylation sites (tertiary alicyclic amines) is 1. The van der Waals surface area contributed by atoms with E-state index in [4.69, 9.17) is 15.6 Å². The smallest absolute Gasteiger partial charge is 0.255 e. The summed E-state index contributed by atoms with van der Waals surface area (Å²) in [5, 5.41) is 8.11. The fraction of sp³-hybridized carbons (Fsp3) is 0.429. The Morgan fingerprint density at radius 2 is 1.58 bits per heavy atom. The molecule has 3 N–H and O–H groups in total. The number of thioether (sulfide) groups is 1. The van der Waals surface area contributed by atoms with Crippen LogP contribution in [0.1, 0.15) is 86.2 Å². The lowest BCUT2D eigenvalue weighted by molar-refractivity contribution is -0.137. The normalized spacial score (nSPS) is 19.0. The number of carbonyl (C=O) groups is 5. The van der Waals surface area contributed by atoms with Crippen LogP contribution in [-0.4, -0.2) is 126 Å². The number of carbonyl (C=O) groups excluding carboxylic acids is 5. The summed E-state index contributed by atoms with van der Waals surface area (Å²) in [7, 11) is 0. The summed E-state index contributed by atoms with van der Waals surface area (Å²) in [4.78, 5) is 81.8. The van der Waals surface area contributed by atoms with Crippen molar-refractivity contribution in [1.29, 1.82) is 0 Å². The number of nitrogens with two attached hydrogens (primary N) is 1. The van der Waals surface area contributed by atoms with E-state index in [9.17, 15) is 24.0 Å². The van der Waals surface area contributed by atoms with E-state index < -0.39 is 11.9 Å². The Hall–Kier alpha value is -6.33. The molecule has 0 bridgehead atoms. The van der Waals surface area contributed by atoms with Gasteiger partial charge in [0.05, 0.1) is 11.4 Å². The molecule has 0 spiro atoms. The summed E-state index contributed by atoms with van der Waals surface area (Å²) in [6, 6.07) is 22.4. The molecule has 17 heteroatoms. The number of ether oxygens (including phenoxy) is 1. The second-order valence-corrected chi connectivity index (χ2v) is 18.6. The molecule has 4 aliphatic heterocycles. The third-order valence-electron chi connectivity index (χ3n) is 13.1. The lowest BCUT2D eigenvalue weighted by Gasteiger charge is -2.35. The number of nitrogens with one attached hydrogen (secondary N) is 1. The van der Waals surface area contributed by atoms with Crippen LogP contribution in [-0.2, 0) is 25.7 Å². The van der Waals surface area contributed by atoms with Crippen LogP contribution in [0.5, 0.6) is 11.5 Å². The molecule has 5 aromatic rings. The number of piperidine rings is 2. The topological polar surface area (TPSA) is 189 Å². The van der Waals surface area contributed by atoms with Crippen LogP contribution in [0.15, 0.2) is 84.0 Å². The van der Waals surface area contributed by atoms with Crippen molar-refractivity contribution < 1.29 is 28.7 Å². The third-order valence-corrected chi connectivity index (χ3v) is 14.3. The quantitative estimate of drug-likeness (QED) is 0.0662. The summed E-state index contributed by atoms with van der Waals surface area (Å²) in [5.41, 5.74) is 10.2. The van der Waals surface area contributed by atoms with E-state index in [1.54, 1.807) is 16.7 Å². The highest BCUT2D eigenvalue weighted by Crippen LogP contribution is 2.37. The first-order valence-electron chi connectivity index (χ1n) is 23.2. The van der Waals surface area contributed by atoms with Gasteiger partial charge in [0, 0.05) is 81.1 Å². The van der Waals surface area contributed by atoms with Gasteiger partial charge in [-0.2, -0.15) is 5.10 Å². The molecule has 3 fully saturated rings. The molecule has 6 heterocycles. The lowest BCUT2D eigenvalue weighted by Crippen LogP contribution is -2.52. The summed E-state index contributed by atoms with van der Waals surface area (Å²) in [6.07, 6.45) is 8.23. The molecular weight excluding hydrogens is 857 g/mol. The van der Waals surface area contributed by atoms with Crippen molar-refractivity contribution in [3.05, 3.63) is 90.3 Å². The number of fused-ring (bicyclic) bond motifs is 2. The van der Waals surface area contributed by atoms with Gasteiger partial charge >= 0.3 is 0 Å². The molecule has 66 heavy (non-hydrogen) atoms. The Labute approximate surface area is 388 Å². The number of piperazine rings is 1. The average molecular weight is 913 g/mol. The van der Waals surface area contributed by atoms with Crippen molar-refractivity contribution in [1.82, 2.24) is 44.7 Å². The molecule has 0 radical (unpaired) electrons. The maximum absolute atomic E-state index is 13.6. The Kier molecular flexibility index (Phi) is 13.9. The summed E-state index contributed by atoms with van der Waals surface area (Å²) < 4.78 is 7.93. The molecule has 16 nitrogen and oxygen atoms in total. The zero-order valence-electron chi connectivity index (χ0n) is 37.1. The van der Waals surface area contributed by atoms with Gasteiger partial charge in [-0.05, 0) is 105 Å². The third kappa shape index (κ3) is 10.1. The summed E-state index contributed by atoms with van der Waals surface area (Å²) >= 11 is 1.71. The molecule has 2 aromatic heterocycles. The van der Waals surface area contributed by atoms with E-state index in [1.807, 2.05) is 87.3 Å². The van der Waals surface area contributed by atoms with Crippen molar-refractivity contribution in [2.75, 3.05) is 57.3 Å². The van der Waals surface area contributed by atoms with Gasteiger partial charge in [-0.3, -0.25) is 34.2 Å². The number of para-hydroxylation sites is 1. The monoisotopic (exact) mass is 912 g/mol. The number of hydrogen-bond acceptors (Lipinski definition) is 12. The minimum absolute atomic E-state index is 0.0525. The van der Waals surface area contributed by atoms with Gasteiger partial charge in [0.2, 0.25) is 23.6 Å². The van der Waals surface area contributed by atoms with Gasteiger partial charge in [-0.25, -0.2) is 14.6 Å². The highest BCUT2D eigenvalue weighted by Gasteiger charge is 2.40. The summed E-state index contributed by atoms with van der Waals surface area (Å²) in [6.45, 7) is 5.44. The second kappa shape index (κ2) is 20.5. The van der Waals surface area contributed by atoms with Crippen molar-refractivity contribution in [2.45, 2.75) is 87.7 Å². The predicted octanol–water partition coefficient (Wildman–Crippen LogP) is 6.07. The van der Waals surface area contributed by atoms with Crippen LogP contribution in [0.2, 0.25) is 0 Å². The highest BCUT2D eigenvalue weighted by molar-refractivity contribution is 7.99. The fourth-order valence-corrected chi connectivity index (χ4v) is 10.7. The molecule has 3 aromatic carbocycles. The zero-order valence-corrected chi connectivity index (χ0v) is 37.9. The Balaban J connectivity index is 0.682. The van der Waals surface area contributed by atoms with E-state index in [0.717, 1.165) is 85.7 Å². The number of amides is 5. The lowest BCUT2D eigenvalue weighted by atomic mass is 10.0. The van der Waals surface area contributed by atoms with E-state index in [-0.39, 0.29) is 36.1 Å². The van der Waals surface area contributed by atoms with Gasteiger partial charge in [0.15, 0.2) is 5.65 Å². The van der Waals surface area contributed by atoms with Gasteiger partial charge < -0.3 is 25.2 Å². The first kappa shape index (κ1) is 44.9. The maximum atomic E-state index is 13.6. The second-order valence-electron chi connectivity index (χ2n) is 17.5. The van der Waals surface area contributed by atoms with E-state index in [1.165, 1.54) is 6.33 Å². The molecule has 344 valence electrons. The minimum Gasteiger partial charge on any atom is -0.457 e. The van der Waals surface area contributed by atoms with Crippen molar-refractivity contribution >= 4 is 58.1 Å². The number of aromatic nitrogens is 4. The summed E-state index contributed by atoms with van der Waals surface area (Å²) in [5.74, 6) is 2.18. The van der Waals surface area contributed by atoms with Gasteiger partial charge in [-0.15, -0.1) is 11.8 Å². The average Bonchev–Trinajstić information content (AvgIpc) is 3.90. The molecule has 0 saturated carbocycles. The van der Waals surface area contributed by atoms with Crippen LogP contribution >= 0.6 is 11.8 Å². The van der Waals surface area contributed by atoms with Crippen molar-refractivity contribution in [3.8, 4) is 22.8 Å². The Morgan fingerprint density at radius 3 is 2.38 bits per heavy atom. The van der Waals surface area contributed by atoms with Crippen LogP contribution in [0, 0.1) is 0 Å². The number of unbranched alkanes of at least 4 members (excludes halogenated alkanes) is 2. The molecule has 0 aliphatic carbocycles.